The molecule has 0 fully saturated rings. The molecule has 7 nitrogen and oxygen atoms in total. The van der Waals surface area contributed by atoms with Crippen LogP contribution in [0.15, 0.2) is 48.5 Å². The third kappa shape index (κ3) is 5.59. The van der Waals surface area contributed by atoms with Gasteiger partial charge in [0.05, 0.1) is 20.3 Å². The topological polar surface area (TPSA) is 77.8 Å². The minimum atomic E-state index is -0.509. The molecule has 1 heterocycles. The Labute approximate surface area is 204 Å². The number of carbonyl (C=O) groups excluding carboxylic acids is 3. The lowest BCUT2D eigenvalue weighted by Gasteiger charge is -2.23. The average Bonchev–Trinajstić information content (AvgIpc) is 3.07. The predicted octanol–water partition coefficient (Wildman–Crippen LogP) is 4.49. The van der Waals surface area contributed by atoms with Gasteiger partial charge in [-0.25, -0.2) is 9.18 Å². The number of amides is 1. The molecule has 8 heteroatoms. The quantitative estimate of drug-likeness (QED) is 0.333. The number of hydrogen-bond acceptors (Lipinski definition) is 5. The molecule has 3 aromatic rings. The molecule has 0 unspecified atom stereocenters. The third-order valence-corrected chi connectivity index (χ3v) is 5.90. The van der Waals surface area contributed by atoms with Crippen LogP contribution in [0.5, 0.6) is 5.75 Å². The Morgan fingerprint density at radius 1 is 1.06 bits per heavy atom. The summed E-state index contributed by atoms with van der Waals surface area (Å²) in [5, 5.41) is 0. The van der Waals surface area contributed by atoms with Crippen LogP contribution in [0.2, 0.25) is 0 Å². The van der Waals surface area contributed by atoms with E-state index in [4.69, 9.17) is 9.47 Å². The second-order valence-electron chi connectivity index (χ2n) is 8.16. The summed E-state index contributed by atoms with van der Waals surface area (Å²) in [6, 6.07) is 12.4. The van der Waals surface area contributed by atoms with Gasteiger partial charge in [0.25, 0.3) is 5.91 Å². The van der Waals surface area contributed by atoms with Crippen LogP contribution in [0.25, 0.3) is 0 Å². The van der Waals surface area contributed by atoms with Crippen molar-refractivity contribution in [3.8, 4) is 5.75 Å². The second-order valence-corrected chi connectivity index (χ2v) is 8.16. The number of carbonyl (C=O) groups is 3. The molecule has 1 aromatic heterocycles. The highest BCUT2D eigenvalue weighted by atomic mass is 19.1. The van der Waals surface area contributed by atoms with Crippen molar-refractivity contribution in [2.75, 3.05) is 20.3 Å². The molecule has 0 aliphatic rings. The maximum atomic E-state index is 13.5. The number of halogens is 1. The fourth-order valence-electron chi connectivity index (χ4n) is 4.08. The van der Waals surface area contributed by atoms with Gasteiger partial charge < -0.3 is 18.9 Å². The van der Waals surface area contributed by atoms with Gasteiger partial charge in [-0.2, -0.15) is 0 Å². The van der Waals surface area contributed by atoms with Crippen LogP contribution in [-0.2, 0) is 18.3 Å². The van der Waals surface area contributed by atoms with Crippen molar-refractivity contribution in [3.63, 3.8) is 0 Å². The second kappa shape index (κ2) is 11.0. The molecule has 35 heavy (non-hydrogen) atoms. The van der Waals surface area contributed by atoms with Crippen LogP contribution in [0.3, 0.4) is 0 Å². The van der Waals surface area contributed by atoms with Gasteiger partial charge in [0.1, 0.15) is 17.3 Å². The van der Waals surface area contributed by atoms with Crippen molar-refractivity contribution < 1.29 is 28.2 Å². The fraction of sp³-hybridized carbons (Fsp3) is 0.296. The maximum Gasteiger partial charge on any atom is 0.355 e. The highest BCUT2D eigenvalue weighted by Gasteiger charge is 2.28. The monoisotopic (exact) mass is 480 g/mol. The lowest BCUT2D eigenvalue weighted by molar-refractivity contribution is 0.0514. The van der Waals surface area contributed by atoms with Crippen LogP contribution < -0.4 is 4.74 Å². The Morgan fingerprint density at radius 3 is 2.37 bits per heavy atom. The van der Waals surface area contributed by atoms with Crippen LogP contribution in [0.1, 0.15) is 54.9 Å². The number of hydrogen-bond donors (Lipinski definition) is 0. The summed E-state index contributed by atoms with van der Waals surface area (Å²) in [5.74, 6) is -1.08. The van der Waals surface area contributed by atoms with Crippen molar-refractivity contribution in [2.45, 2.75) is 27.3 Å². The van der Waals surface area contributed by atoms with Gasteiger partial charge in [-0.15, -0.1) is 0 Å². The number of Topliss-reactive ketones (excluding diaryl/α,β-unsaturated/α-hetero) is 1. The van der Waals surface area contributed by atoms with Crippen molar-refractivity contribution in [1.82, 2.24) is 9.47 Å². The summed E-state index contributed by atoms with van der Waals surface area (Å²) in [5.41, 5.74) is 2.81. The Balaban J connectivity index is 1.97. The van der Waals surface area contributed by atoms with Gasteiger partial charge in [0.2, 0.25) is 0 Å². The summed E-state index contributed by atoms with van der Waals surface area (Å²) in [7, 11) is 3.20. The molecule has 0 spiro atoms. The Morgan fingerprint density at radius 2 is 1.74 bits per heavy atom. The molecule has 0 aliphatic carbocycles. The molecule has 0 aliphatic heterocycles. The molecule has 184 valence electrons. The number of nitrogens with zero attached hydrogens (tertiary/aromatic N) is 2. The fourth-order valence-corrected chi connectivity index (χ4v) is 4.08. The number of esters is 1. The van der Waals surface area contributed by atoms with Gasteiger partial charge in [-0.3, -0.25) is 9.59 Å². The SMILES string of the molecule is CCOC(=O)c1c(C)c(C(=O)CN(Cc2ccc(F)cc2)C(=O)c2cccc(OC)c2)c(C)n1C. The summed E-state index contributed by atoms with van der Waals surface area (Å²) < 4.78 is 25.4. The van der Waals surface area contributed by atoms with E-state index in [1.54, 1.807) is 68.8 Å². The first-order valence-electron chi connectivity index (χ1n) is 11.2. The van der Waals surface area contributed by atoms with Crippen molar-refractivity contribution in [3.05, 3.63) is 88.0 Å². The van der Waals surface area contributed by atoms with E-state index in [0.29, 0.717) is 39.4 Å². The normalized spacial score (nSPS) is 10.7. The van der Waals surface area contributed by atoms with Crippen LogP contribution in [-0.4, -0.2) is 47.4 Å². The Bertz CT molecular complexity index is 1250. The third-order valence-electron chi connectivity index (χ3n) is 5.90. The molecule has 0 bridgehead atoms. The first-order chi connectivity index (χ1) is 16.7. The van der Waals surface area contributed by atoms with Gasteiger partial charge in [-0.05, 0) is 62.2 Å². The van der Waals surface area contributed by atoms with Crippen LogP contribution in [0, 0.1) is 19.7 Å². The average molecular weight is 481 g/mol. The molecule has 0 saturated carbocycles. The number of ketones is 1. The lowest BCUT2D eigenvalue weighted by atomic mass is 10.0. The summed E-state index contributed by atoms with van der Waals surface area (Å²) >= 11 is 0. The van der Waals surface area contributed by atoms with E-state index in [0.717, 1.165) is 0 Å². The molecule has 0 atom stereocenters. The van der Waals surface area contributed by atoms with E-state index in [9.17, 15) is 18.8 Å². The highest BCUT2D eigenvalue weighted by Crippen LogP contribution is 2.24. The van der Waals surface area contributed by atoms with Crippen molar-refractivity contribution in [1.29, 1.82) is 0 Å². The lowest BCUT2D eigenvalue weighted by Crippen LogP contribution is -2.35. The first-order valence-corrected chi connectivity index (χ1v) is 11.2. The molecular weight excluding hydrogens is 451 g/mol. The molecule has 1 amide bonds. The van der Waals surface area contributed by atoms with Crippen LogP contribution in [0.4, 0.5) is 4.39 Å². The standard InChI is InChI=1S/C27H29FN2O5/c1-6-35-27(33)25-17(2)24(18(3)29(25)4)23(31)16-30(15-19-10-12-21(28)13-11-19)26(32)20-8-7-9-22(14-20)34-5/h7-14H,6,15-16H2,1-5H3. The summed E-state index contributed by atoms with van der Waals surface area (Å²) in [6.45, 7) is 5.23. The predicted molar refractivity (Wildman–Crippen MR) is 129 cm³/mol. The zero-order valence-electron chi connectivity index (χ0n) is 20.6. The molecule has 2 aromatic carbocycles. The van der Waals surface area contributed by atoms with E-state index in [2.05, 4.69) is 0 Å². The summed E-state index contributed by atoms with van der Waals surface area (Å²) in [6.07, 6.45) is 0. The number of aromatic nitrogens is 1. The molecule has 0 N–H and O–H groups in total. The Kier molecular flexibility index (Phi) is 8.06. The minimum Gasteiger partial charge on any atom is -0.497 e. The number of rotatable bonds is 9. The van der Waals surface area contributed by atoms with Gasteiger partial charge in [-0.1, -0.05) is 18.2 Å². The highest BCUT2D eigenvalue weighted by molar-refractivity contribution is 6.06. The number of benzene rings is 2. The minimum absolute atomic E-state index is 0.0950. The molecule has 0 radical (unpaired) electrons. The first kappa shape index (κ1) is 25.7. The summed E-state index contributed by atoms with van der Waals surface area (Å²) in [4.78, 5) is 40.8. The van der Waals surface area contributed by atoms with Gasteiger partial charge in [0.15, 0.2) is 5.78 Å². The van der Waals surface area contributed by atoms with Crippen LogP contribution >= 0.6 is 0 Å². The smallest absolute Gasteiger partial charge is 0.355 e. The molecule has 0 saturated heterocycles. The van der Waals surface area contributed by atoms with Crippen molar-refractivity contribution >= 4 is 17.7 Å². The molecular formula is C27H29FN2O5. The van der Waals surface area contributed by atoms with E-state index in [-0.39, 0.29) is 31.4 Å². The maximum absolute atomic E-state index is 13.5. The zero-order valence-corrected chi connectivity index (χ0v) is 20.6. The zero-order chi connectivity index (χ0) is 25.7. The number of methoxy groups -OCH3 is 1. The van der Waals surface area contributed by atoms with Gasteiger partial charge >= 0.3 is 5.97 Å². The van der Waals surface area contributed by atoms with E-state index in [1.165, 1.54) is 24.1 Å². The van der Waals surface area contributed by atoms with E-state index in [1.807, 2.05) is 0 Å². The Hall–Kier alpha value is -3.94. The van der Waals surface area contributed by atoms with E-state index >= 15 is 0 Å². The van der Waals surface area contributed by atoms with Crippen molar-refractivity contribution in [2.24, 2.45) is 7.05 Å². The van der Waals surface area contributed by atoms with Gasteiger partial charge in [0, 0.05) is 30.4 Å². The molecule has 3 rings (SSSR count). The van der Waals surface area contributed by atoms with E-state index < -0.39 is 11.8 Å². The number of ether oxygens (including phenoxy) is 2. The largest absolute Gasteiger partial charge is 0.497 e.